The molecule has 2 aromatic carbocycles. The average Bonchev–Trinajstić information content (AvgIpc) is 2.24. The van der Waals surface area contributed by atoms with Gasteiger partial charge < -0.3 is 73.6 Å². The maximum Gasteiger partial charge on any atom is 0.408 e. The average molecular weight is 1140 g/mol. The zero-order valence-corrected chi connectivity index (χ0v) is 46.6. The lowest BCUT2D eigenvalue weighted by atomic mass is 9.44. The Morgan fingerprint density at radius 1 is 0.937 bits per heavy atom. The van der Waals surface area contributed by atoms with Crippen LogP contribution in [-0.2, 0) is 76.8 Å². The minimum atomic E-state index is -3.92. The summed E-state index contributed by atoms with van der Waals surface area (Å²) in [7, 11) is -2.52. The van der Waals surface area contributed by atoms with Gasteiger partial charge in [0.1, 0.15) is 53.8 Å². The molecule has 7 N–H and O–H groups in total. The first kappa shape index (κ1) is 63.3. The van der Waals surface area contributed by atoms with Gasteiger partial charge in [0, 0.05) is 31.4 Å². The fourth-order valence-corrected chi connectivity index (χ4v) is 10.7. The molecule has 1 saturated heterocycles. The van der Waals surface area contributed by atoms with Crippen molar-refractivity contribution in [3.63, 3.8) is 0 Å². The maximum absolute atomic E-state index is 15.3. The Morgan fingerprint density at radius 2 is 1.54 bits per heavy atom. The standard InChI is InChI=1S/C52H66N2O20.CH4O3S/c1-11-67-45(62)31(53)21-35(57)68-24-36(58)71-40(38(54-47(64)74-48(4,5)6)28-17-19-30(66-10)20-18-28)46(63)70-32-23-52(65)43(72-44(61)29-15-13-12-14-16-29)41-50(9,42(60)39(59)37(26(32)2)49(52,7)8)33(56)22-34-51(41,25-69-34)73-27(3)55;1-5(2,3)4/h12-20,31-34,38-41,43,56,59,65H,11,21-25,53H2,1-10H3,(H,54,64);1H3,(H,2,3,4)/t31-,32-,33-,34+,38-,39+,40+,41-,43-,50+,51-,52+;/m0./s1. The van der Waals surface area contributed by atoms with Crippen molar-refractivity contribution in [1.82, 2.24) is 5.32 Å². The summed E-state index contributed by atoms with van der Waals surface area (Å²) in [6, 6.07) is 10.6. The molecule has 26 heteroatoms. The second kappa shape index (κ2) is 24.4. The summed E-state index contributed by atoms with van der Waals surface area (Å²) in [6.45, 7) is 11.7. The lowest BCUT2D eigenvalue weighted by Gasteiger charge is -2.67. The van der Waals surface area contributed by atoms with Gasteiger partial charge in [0.2, 0.25) is 6.10 Å². The second-order valence-corrected chi connectivity index (χ2v) is 22.8. The van der Waals surface area contributed by atoms with Crippen LogP contribution in [0.5, 0.6) is 5.75 Å². The number of aliphatic hydroxyl groups excluding tert-OH is 2. The van der Waals surface area contributed by atoms with Crippen LogP contribution in [0.1, 0.15) is 104 Å². The highest BCUT2D eigenvalue weighted by Gasteiger charge is 2.78. The van der Waals surface area contributed by atoms with Crippen LogP contribution in [0.25, 0.3) is 0 Å². The number of aliphatic hydroxyl groups is 3. The smallest absolute Gasteiger partial charge is 0.408 e. The lowest BCUT2D eigenvalue weighted by molar-refractivity contribution is -0.407. The highest BCUT2D eigenvalue weighted by Crippen LogP contribution is 2.64. The summed E-state index contributed by atoms with van der Waals surface area (Å²) in [5.74, 6) is -8.71. The van der Waals surface area contributed by atoms with E-state index in [0.717, 1.165) is 6.92 Å². The SMILES string of the molecule is CCOC(=O)[C@@H]([NH3+])CC(=O)OCC(=O)O[C@@H](C(=O)O[C@H]1C[C@@]2(O)[C@@H](OC(=O)c3ccccc3)[C@@H]3[C@]4(OC(C)=O)CO[C@@H]4C[C@H](O)[C@@]3(C)C(=O)[C@H](O)C(=C1C)C2(C)C)[C@@H](NC(=O)OC(C)(C)C)c1ccc(OC)cc1.CS(=O)(=O)[O-]. The molecule has 3 fully saturated rings. The lowest BCUT2D eigenvalue weighted by Crippen LogP contribution is -2.81. The number of hydrogen-bond donors (Lipinski definition) is 5. The molecule has 1 heterocycles. The van der Waals surface area contributed by atoms with Crippen molar-refractivity contribution in [3.05, 3.63) is 76.9 Å². The van der Waals surface area contributed by atoms with Crippen LogP contribution in [0.4, 0.5) is 4.79 Å². The Balaban J connectivity index is 0.00000219. The van der Waals surface area contributed by atoms with E-state index < -0.39 is 160 Å². The number of methoxy groups -OCH3 is 1. The number of fused-ring (bicyclic) bond motifs is 5. The Morgan fingerprint density at radius 3 is 2.08 bits per heavy atom. The quantitative estimate of drug-likeness (QED) is 0.0679. The molecule has 436 valence electrons. The number of ether oxygens (including phenoxy) is 9. The van der Waals surface area contributed by atoms with Gasteiger partial charge in [0.15, 0.2) is 24.0 Å². The zero-order valence-electron chi connectivity index (χ0n) is 45.8. The van der Waals surface area contributed by atoms with Gasteiger partial charge in [-0.2, -0.15) is 0 Å². The van der Waals surface area contributed by atoms with E-state index >= 15 is 9.59 Å². The largest absolute Gasteiger partial charge is 0.748 e. The van der Waals surface area contributed by atoms with Gasteiger partial charge in [-0.25, -0.2) is 32.4 Å². The molecule has 79 heavy (non-hydrogen) atoms. The first-order valence-electron chi connectivity index (χ1n) is 25.1. The molecule has 6 rings (SSSR count). The molecule has 0 radical (unpaired) electrons. The third-order valence-electron chi connectivity index (χ3n) is 14.5. The third kappa shape index (κ3) is 13.9. The van der Waals surface area contributed by atoms with Gasteiger partial charge in [0.25, 0.3) is 0 Å². The molecule has 4 aliphatic rings. The highest BCUT2D eigenvalue weighted by molar-refractivity contribution is 7.84. The van der Waals surface area contributed by atoms with Crippen LogP contribution in [-0.4, -0.2) is 169 Å². The van der Waals surface area contributed by atoms with Crippen LogP contribution < -0.4 is 15.8 Å². The number of quaternary nitrogens is 1. The van der Waals surface area contributed by atoms with Crippen LogP contribution in [0, 0.1) is 16.7 Å². The molecule has 2 aromatic rings. The predicted molar refractivity (Wildman–Crippen MR) is 269 cm³/mol. The first-order valence-corrected chi connectivity index (χ1v) is 26.9. The Bertz CT molecular complexity index is 2770. The van der Waals surface area contributed by atoms with E-state index in [0.29, 0.717) is 12.0 Å². The molecule has 3 aliphatic carbocycles. The summed E-state index contributed by atoms with van der Waals surface area (Å²) in [5.41, 5.74) is -5.77. The summed E-state index contributed by atoms with van der Waals surface area (Å²) >= 11 is 0. The molecule has 1 amide bonds. The maximum atomic E-state index is 15.3. The van der Waals surface area contributed by atoms with Crippen LogP contribution in [0.3, 0.4) is 0 Å². The molecule has 12 atom stereocenters. The van der Waals surface area contributed by atoms with Crippen LogP contribution in [0.2, 0.25) is 0 Å². The zero-order chi connectivity index (χ0) is 59.4. The summed E-state index contributed by atoms with van der Waals surface area (Å²) in [5, 5.41) is 40.8. The van der Waals surface area contributed by atoms with Crippen molar-refractivity contribution in [2.75, 3.05) is 33.2 Å². The molecule has 0 aromatic heterocycles. The number of carbonyl (C=O) groups is 8. The topological polar surface area (TPSA) is 377 Å². The van der Waals surface area contributed by atoms with Gasteiger partial charge in [-0.1, -0.05) is 44.2 Å². The van der Waals surface area contributed by atoms with Gasteiger partial charge in [-0.3, -0.25) is 14.4 Å². The third-order valence-corrected chi connectivity index (χ3v) is 14.5. The number of ketones is 1. The van der Waals surface area contributed by atoms with Crippen molar-refractivity contribution < 1.29 is 115 Å². The van der Waals surface area contributed by atoms with Gasteiger partial charge in [0.05, 0.1) is 53.4 Å². The van der Waals surface area contributed by atoms with Crippen molar-refractivity contribution in [2.45, 2.75) is 147 Å². The fourth-order valence-electron chi connectivity index (χ4n) is 10.7. The number of Topliss-reactive ketones (excluding diaryl/α,β-unsaturated/α-hetero) is 1. The van der Waals surface area contributed by atoms with Crippen molar-refractivity contribution >= 4 is 57.8 Å². The number of alkyl carbamates (subject to hydrolysis) is 1. The number of hydrogen-bond acceptors (Lipinski definition) is 23. The minimum absolute atomic E-state index is 0.0108. The van der Waals surface area contributed by atoms with E-state index in [1.165, 1.54) is 71.2 Å². The first-order chi connectivity index (χ1) is 36.6. The summed E-state index contributed by atoms with van der Waals surface area (Å²) < 4.78 is 78.3. The molecule has 2 bridgehead atoms. The molecule has 1 aliphatic heterocycles. The normalized spacial score (nSPS) is 28.0. The number of benzene rings is 2. The Kier molecular flexibility index (Phi) is 19.6. The van der Waals surface area contributed by atoms with Crippen LogP contribution in [0.15, 0.2) is 65.7 Å². The van der Waals surface area contributed by atoms with E-state index in [2.05, 4.69) is 11.1 Å². The van der Waals surface area contributed by atoms with Crippen molar-refractivity contribution in [3.8, 4) is 5.75 Å². The van der Waals surface area contributed by atoms with Gasteiger partial charge in [-0.05, 0) is 82.5 Å². The predicted octanol–water partition coefficient (Wildman–Crippen LogP) is 1.09. The monoisotopic (exact) mass is 1130 g/mol. The highest BCUT2D eigenvalue weighted by atomic mass is 32.2. The summed E-state index contributed by atoms with van der Waals surface area (Å²) in [6.07, 6.45) is -12.7. The number of esters is 6. The molecule has 0 spiro atoms. The Hall–Kier alpha value is -6.55. The molecule has 25 nitrogen and oxygen atoms in total. The fraction of sp³-hybridized carbons (Fsp3) is 0.585. The number of rotatable bonds is 16. The summed E-state index contributed by atoms with van der Waals surface area (Å²) in [4.78, 5) is 110. The van der Waals surface area contributed by atoms with E-state index in [1.54, 1.807) is 45.9 Å². The molecule has 2 saturated carbocycles. The van der Waals surface area contributed by atoms with E-state index in [-0.39, 0.29) is 41.9 Å². The van der Waals surface area contributed by atoms with E-state index in [1.807, 2.05) is 0 Å². The number of nitrogens with one attached hydrogen (secondary N) is 1. The van der Waals surface area contributed by atoms with Crippen molar-refractivity contribution in [1.29, 1.82) is 0 Å². The van der Waals surface area contributed by atoms with Crippen molar-refractivity contribution in [2.24, 2.45) is 16.7 Å². The van der Waals surface area contributed by atoms with Gasteiger partial charge in [-0.15, -0.1) is 0 Å². The number of carbonyl (C=O) groups excluding carboxylic acids is 8. The molecule has 0 unspecified atom stereocenters. The minimum Gasteiger partial charge on any atom is -0.748 e. The number of amides is 1. The van der Waals surface area contributed by atoms with Gasteiger partial charge >= 0.3 is 41.9 Å². The Labute approximate surface area is 456 Å². The van der Waals surface area contributed by atoms with E-state index in [4.69, 9.17) is 55.6 Å². The van der Waals surface area contributed by atoms with E-state index in [9.17, 15) is 44.1 Å². The van der Waals surface area contributed by atoms with Crippen LogP contribution >= 0.6 is 0 Å². The molecular weight excluding hydrogens is 1060 g/mol. The second-order valence-electron chi connectivity index (χ2n) is 21.4. The molecular formula is C53H70N2O23S.